The second-order valence-corrected chi connectivity index (χ2v) is 8.72. The standard InChI is InChI=1S/C25H34N6O/c1-19-9-10-23(28-16-19)30-14-11-22(12-15-30)29-25(26-2)27-13-5-8-24(32)31-17-20-6-3-4-7-21(20)18-31/h3-4,6-7,9-10,16,22H,5,8,11-15,17-18H2,1-2H3,(H2,26,27,29). The molecular weight excluding hydrogens is 400 g/mol. The Hall–Kier alpha value is -3.09. The van der Waals surface area contributed by atoms with Crippen molar-refractivity contribution in [3.63, 3.8) is 0 Å². The van der Waals surface area contributed by atoms with Crippen LogP contribution in [0.1, 0.15) is 42.4 Å². The minimum absolute atomic E-state index is 0.225. The quantitative estimate of drug-likeness (QED) is 0.416. The zero-order valence-electron chi connectivity index (χ0n) is 19.2. The zero-order valence-corrected chi connectivity index (χ0v) is 19.2. The van der Waals surface area contributed by atoms with Crippen LogP contribution in [0, 0.1) is 6.92 Å². The van der Waals surface area contributed by atoms with Gasteiger partial charge < -0.3 is 20.4 Å². The number of nitrogens with zero attached hydrogens (tertiary/aromatic N) is 4. The van der Waals surface area contributed by atoms with E-state index in [-0.39, 0.29) is 5.91 Å². The van der Waals surface area contributed by atoms with Crippen LogP contribution in [0.5, 0.6) is 0 Å². The van der Waals surface area contributed by atoms with E-state index in [0.29, 0.717) is 12.5 Å². The molecule has 0 spiro atoms. The van der Waals surface area contributed by atoms with Gasteiger partial charge in [0.1, 0.15) is 5.82 Å². The monoisotopic (exact) mass is 434 g/mol. The highest BCUT2D eigenvalue weighted by Gasteiger charge is 2.23. The van der Waals surface area contributed by atoms with Gasteiger partial charge in [-0.25, -0.2) is 4.98 Å². The highest BCUT2D eigenvalue weighted by atomic mass is 16.2. The molecule has 2 N–H and O–H groups in total. The van der Waals surface area contributed by atoms with Crippen LogP contribution >= 0.6 is 0 Å². The average molecular weight is 435 g/mol. The van der Waals surface area contributed by atoms with E-state index in [4.69, 9.17) is 0 Å². The van der Waals surface area contributed by atoms with Gasteiger partial charge in [0.25, 0.3) is 0 Å². The van der Waals surface area contributed by atoms with Crippen LogP contribution < -0.4 is 15.5 Å². The van der Waals surface area contributed by atoms with Gasteiger partial charge in [0.15, 0.2) is 5.96 Å². The van der Waals surface area contributed by atoms with E-state index in [0.717, 1.165) is 63.8 Å². The second-order valence-electron chi connectivity index (χ2n) is 8.72. The lowest BCUT2D eigenvalue weighted by Gasteiger charge is -2.33. The number of hydrogen-bond donors (Lipinski definition) is 2. The summed E-state index contributed by atoms with van der Waals surface area (Å²) in [6.07, 6.45) is 5.37. The molecule has 2 aliphatic rings. The van der Waals surface area contributed by atoms with Gasteiger partial charge in [0, 0.05) is 58.4 Å². The number of pyridine rings is 1. The first-order chi connectivity index (χ1) is 15.6. The number of piperidine rings is 1. The zero-order chi connectivity index (χ0) is 22.3. The van der Waals surface area contributed by atoms with Gasteiger partial charge in [0.05, 0.1) is 0 Å². The molecule has 1 amide bonds. The smallest absolute Gasteiger partial charge is 0.223 e. The summed E-state index contributed by atoms with van der Waals surface area (Å²) in [5.41, 5.74) is 3.73. The number of benzene rings is 1. The van der Waals surface area contributed by atoms with Crippen molar-refractivity contribution in [2.45, 2.75) is 51.7 Å². The Morgan fingerprint density at radius 2 is 1.84 bits per heavy atom. The van der Waals surface area contributed by atoms with E-state index in [2.05, 4.69) is 56.7 Å². The molecule has 0 atom stereocenters. The van der Waals surface area contributed by atoms with Crippen LogP contribution in [-0.2, 0) is 17.9 Å². The molecule has 3 heterocycles. The maximum atomic E-state index is 12.6. The molecule has 7 heteroatoms. The number of hydrogen-bond acceptors (Lipinski definition) is 4. The number of anilines is 1. The molecule has 0 unspecified atom stereocenters. The molecule has 4 rings (SSSR count). The van der Waals surface area contributed by atoms with Crippen molar-refractivity contribution in [1.82, 2.24) is 20.5 Å². The Labute approximate surface area is 190 Å². The van der Waals surface area contributed by atoms with E-state index < -0.39 is 0 Å². The van der Waals surface area contributed by atoms with Crippen molar-refractivity contribution in [3.8, 4) is 0 Å². The molecule has 2 aliphatic heterocycles. The highest BCUT2D eigenvalue weighted by Crippen LogP contribution is 2.23. The lowest BCUT2D eigenvalue weighted by Crippen LogP contribution is -2.49. The Bertz CT molecular complexity index is 909. The van der Waals surface area contributed by atoms with Crippen LogP contribution in [0.2, 0.25) is 0 Å². The Morgan fingerprint density at radius 3 is 2.47 bits per heavy atom. The van der Waals surface area contributed by atoms with Crippen molar-refractivity contribution in [2.75, 3.05) is 31.6 Å². The van der Waals surface area contributed by atoms with Crippen LogP contribution in [0.25, 0.3) is 0 Å². The van der Waals surface area contributed by atoms with Crippen molar-refractivity contribution in [1.29, 1.82) is 0 Å². The number of aryl methyl sites for hydroxylation is 1. The fourth-order valence-electron chi connectivity index (χ4n) is 4.40. The van der Waals surface area contributed by atoms with Crippen LogP contribution in [0.3, 0.4) is 0 Å². The van der Waals surface area contributed by atoms with Crippen molar-refractivity contribution in [2.24, 2.45) is 4.99 Å². The SMILES string of the molecule is CN=C(NCCCC(=O)N1Cc2ccccc2C1)NC1CCN(c2ccc(C)cn2)CC1. The van der Waals surface area contributed by atoms with E-state index in [1.807, 2.05) is 23.2 Å². The number of aliphatic imine (C=N–C) groups is 1. The lowest BCUT2D eigenvalue weighted by molar-refractivity contribution is -0.131. The molecule has 2 aromatic rings. The van der Waals surface area contributed by atoms with Gasteiger partial charge in [-0.15, -0.1) is 0 Å². The molecule has 0 bridgehead atoms. The molecular formula is C25H34N6O. The third-order valence-corrected chi connectivity index (χ3v) is 6.33. The summed E-state index contributed by atoms with van der Waals surface area (Å²) in [4.78, 5) is 25.8. The number of amides is 1. The van der Waals surface area contributed by atoms with E-state index in [9.17, 15) is 4.79 Å². The average Bonchev–Trinajstić information content (AvgIpc) is 3.26. The molecule has 1 aromatic carbocycles. The number of nitrogens with one attached hydrogen (secondary N) is 2. The summed E-state index contributed by atoms with van der Waals surface area (Å²) in [5.74, 6) is 2.10. The number of fused-ring (bicyclic) bond motifs is 1. The molecule has 7 nitrogen and oxygen atoms in total. The predicted octanol–water partition coefficient (Wildman–Crippen LogP) is 2.85. The van der Waals surface area contributed by atoms with E-state index in [1.54, 1.807) is 7.05 Å². The van der Waals surface area contributed by atoms with Crippen LogP contribution in [0.15, 0.2) is 47.6 Å². The van der Waals surface area contributed by atoms with Crippen LogP contribution in [0.4, 0.5) is 5.82 Å². The Balaban J connectivity index is 1.14. The second kappa shape index (κ2) is 10.5. The van der Waals surface area contributed by atoms with Crippen molar-refractivity contribution in [3.05, 3.63) is 59.3 Å². The topological polar surface area (TPSA) is 72.9 Å². The first kappa shape index (κ1) is 22.1. The van der Waals surface area contributed by atoms with Crippen molar-refractivity contribution < 1.29 is 4.79 Å². The van der Waals surface area contributed by atoms with E-state index >= 15 is 0 Å². The first-order valence-corrected chi connectivity index (χ1v) is 11.6. The molecule has 170 valence electrons. The third kappa shape index (κ3) is 5.58. The van der Waals surface area contributed by atoms with Gasteiger partial charge in [0.2, 0.25) is 5.91 Å². The summed E-state index contributed by atoms with van der Waals surface area (Å²) in [6.45, 7) is 6.24. The summed E-state index contributed by atoms with van der Waals surface area (Å²) in [5, 5.41) is 6.91. The molecule has 1 aromatic heterocycles. The fraction of sp³-hybridized carbons (Fsp3) is 0.480. The summed E-state index contributed by atoms with van der Waals surface area (Å²) in [7, 11) is 1.80. The summed E-state index contributed by atoms with van der Waals surface area (Å²) < 4.78 is 0. The Kier molecular flexibility index (Phi) is 7.24. The molecule has 0 radical (unpaired) electrons. The van der Waals surface area contributed by atoms with Gasteiger partial charge in [-0.1, -0.05) is 30.3 Å². The number of aromatic nitrogens is 1. The summed E-state index contributed by atoms with van der Waals surface area (Å²) >= 11 is 0. The van der Waals surface area contributed by atoms with Crippen LogP contribution in [-0.4, -0.2) is 54.5 Å². The van der Waals surface area contributed by atoms with Gasteiger partial charge >= 0.3 is 0 Å². The minimum atomic E-state index is 0.225. The summed E-state index contributed by atoms with van der Waals surface area (Å²) in [6, 6.07) is 12.9. The predicted molar refractivity (Wildman–Crippen MR) is 129 cm³/mol. The molecule has 0 aliphatic carbocycles. The number of carbonyl (C=O) groups is 1. The maximum Gasteiger partial charge on any atom is 0.223 e. The van der Waals surface area contributed by atoms with E-state index in [1.165, 1.54) is 16.7 Å². The van der Waals surface area contributed by atoms with Gasteiger partial charge in [-0.3, -0.25) is 9.79 Å². The van der Waals surface area contributed by atoms with Crippen molar-refractivity contribution >= 4 is 17.7 Å². The molecule has 32 heavy (non-hydrogen) atoms. The number of guanidine groups is 1. The fourth-order valence-corrected chi connectivity index (χ4v) is 4.40. The number of carbonyl (C=O) groups excluding carboxylic acids is 1. The first-order valence-electron chi connectivity index (χ1n) is 11.6. The van der Waals surface area contributed by atoms with Gasteiger partial charge in [-0.05, 0) is 48.9 Å². The largest absolute Gasteiger partial charge is 0.356 e. The normalized spacial score (nSPS) is 16.8. The molecule has 1 saturated heterocycles. The third-order valence-electron chi connectivity index (χ3n) is 6.33. The minimum Gasteiger partial charge on any atom is -0.356 e. The molecule has 1 fully saturated rings. The lowest BCUT2D eigenvalue weighted by atomic mass is 10.1. The molecule has 0 saturated carbocycles. The maximum absolute atomic E-state index is 12.6. The Morgan fingerprint density at radius 1 is 1.12 bits per heavy atom. The number of rotatable bonds is 6. The highest BCUT2D eigenvalue weighted by molar-refractivity contribution is 5.80. The van der Waals surface area contributed by atoms with Gasteiger partial charge in [-0.2, -0.15) is 0 Å².